The second-order valence-corrected chi connectivity index (χ2v) is 1.67. The van der Waals surface area contributed by atoms with Crippen molar-refractivity contribution in [2.45, 2.75) is 6.42 Å². The molecule has 0 rings (SSSR count). The second kappa shape index (κ2) is 5.46. The first-order valence-electron chi connectivity index (χ1n) is 2.46. The Bertz CT molecular complexity index is 126. The Balaban J connectivity index is 3.19. The first kappa shape index (κ1) is 8.32. The summed E-state index contributed by atoms with van der Waals surface area (Å²) in [6.45, 7) is 0.238. The van der Waals surface area contributed by atoms with E-state index >= 15 is 0 Å². The summed E-state index contributed by atoms with van der Waals surface area (Å²) < 4.78 is 4.52. The highest BCUT2D eigenvalue weighted by Crippen LogP contribution is 1.84. The SMILES string of the molecule is C#CCC(=O)OCCCl. The molecule has 0 saturated carbocycles. The van der Waals surface area contributed by atoms with E-state index in [1.807, 2.05) is 0 Å². The molecule has 0 aromatic carbocycles. The molecule has 0 aromatic rings. The average Bonchev–Trinajstić information content (AvgIpc) is 1.85. The summed E-state index contributed by atoms with van der Waals surface area (Å²) in [7, 11) is 0. The highest BCUT2D eigenvalue weighted by atomic mass is 35.5. The van der Waals surface area contributed by atoms with E-state index < -0.39 is 5.97 Å². The maximum Gasteiger partial charge on any atom is 0.317 e. The number of rotatable bonds is 3. The summed E-state index contributed by atoms with van der Waals surface area (Å²) >= 11 is 5.22. The van der Waals surface area contributed by atoms with E-state index in [0.29, 0.717) is 5.88 Å². The van der Waals surface area contributed by atoms with Crippen molar-refractivity contribution in [3.8, 4) is 12.3 Å². The minimum absolute atomic E-state index is 0.0247. The predicted molar refractivity (Wildman–Crippen MR) is 35.1 cm³/mol. The summed E-state index contributed by atoms with van der Waals surface area (Å²) in [6.07, 6.45) is 4.84. The minimum Gasteiger partial charge on any atom is -0.464 e. The first-order chi connectivity index (χ1) is 4.31. The maximum absolute atomic E-state index is 10.4. The van der Waals surface area contributed by atoms with E-state index in [4.69, 9.17) is 18.0 Å². The molecule has 0 heterocycles. The zero-order chi connectivity index (χ0) is 7.11. The number of ether oxygens (including phenoxy) is 1. The molecular formula is C6H7ClO2. The number of alkyl halides is 1. The minimum atomic E-state index is -0.391. The zero-order valence-corrected chi connectivity index (χ0v) is 5.65. The van der Waals surface area contributed by atoms with Gasteiger partial charge in [0.15, 0.2) is 0 Å². The van der Waals surface area contributed by atoms with Crippen LogP contribution in [0, 0.1) is 12.3 Å². The predicted octanol–water partition coefficient (Wildman–Crippen LogP) is 0.792. The third-order valence-corrected chi connectivity index (χ3v) is 0.741. The molecule has 0 aliphatic heterocycles. The van der Waals surface area contributed by atoms with Gasteiger partial charge in [-0.1, -0.05) is 5.92 Å². The van der Waals surface area contributed by atoms with E-state index in [0.717, 1.165) is 0 Å². The third kappa shape index (κ3) is 5.19. The van der Waals surface area contributed by atoms with Crippen LogP contribution >= 0.6 is 11.6 Å². The molecule has 0 spiro atoms. The summed E-state index contributed by atoms with van der Waals surface area (Å²) in [5.74, 6) is 2.08. The fraction of sp³-hybridized carbons (Fsp3) is 0.500. The molecule has 0 atom stereocenters. The van der Waals surface area contributed by atoms with Gasteiger partial charge in [-0.25, -0.2) is 0 Å². The van der Waals surface area contributed by atoms with Crippen molar-refractivity contribution in [1.29, 1.82) is 0 Å². The molecule has 0 bridgehead atoms. The van der Waals surface area contributed by atoms with Gasteiger partial charge in [-0.05, 0) is 0 Å². The molecule has 0 fully saturated rings. The lowest BCUT2D eigenvalue weighted by atomic mass is 10.5. The Morgan fingerprint density at radius 3 is 2.89 bits per heavy atom. The van der Waals surface area contributed by atoms with Gasteiger partial charge in [0.25, 0.3) is 0 Å². The Morgan fingerprint density at radius 2 is 2.44 bits per heavy atom. The number of terminal acetylenes is 1. The average molecular weight is 147 g/mol. The van der Waals surface area contributed by atoms with Crippen molar-refractivity contribution in [2.24, 2.45) is 0 Å². The van der Waals surface area contributed by atoms with Crippen LogP contribution in [-0.4, -0.2) is 18.5 Å². The molecule has 2 nitrogen and oxygen atoms in total. The highest BCUT2D eigenvalue weighted by molar-refractivity contribution is 6.18. The molecule has 0 aliphatic carbocycles. The molecule has 0 aromatic heterocycles. The molecule has 0 unspecified atom stereocenters. The smallest absolute Gasteiger partial charge is 0.317 e. The van der Waals surface area contributed by atoms with Gasteiger partial charge in [-0.3, -0.25) is 4.79 Å². The lowest BCUT2D eigenvalue weighted by Gasteiger charge is -1.96. The van der Waals surface area contributed by atoms with E-state index in [9.17, 15) is 4.79 Å². The van der Waals surface area contributed by atoms with Crippen LogP contribution in [0.15, 0.2) is 0 Å². The van der Waals surface area contributed by atoms with Crippen molar-refractivity contribution in [1.82, 2.24) is 0 Å². The number of hydrogen-bond donors (Lipinski definition) is 0. The van der Waals surface area contributed by atoms with Crippen LogP contribution in [0.1, 0.15) is 6.42 Å². The fourth-order valence-electron chi connectivity index (χ4n) is 0.287. The van der Waals surface area contributed by atoms with Gasteiger partial charge >= 0.3 is 5.97 Å². The van der Waals surface area contributed by atoms with Crippen molar-refractivity contribution in [3.63, 3.8) is 0 Å². The monoisotopic (exact) mass is 146 g/mol. The third-order valence-electron chi connectivity index (χ3n) is 0.587. The van der Waals surface area contributed by atoms with Crippen LogP contribution in [0.25, 0.3) is 0 Å². The molecule has 3 heteroatoms. The van der Waals surface area contributed by atoms with Gasteiger partial charge in [0.1, 0.15) is 13.0 Å². The summed E-state index contributed by atoms with van der Waals surface area (Å²) in [6, 6.07) is 0. The van der Waals surface area contributed by atoms with E-state index in [1.165, 1.54) is 0 Å². The fourth-order valence-corrected chi connectivity index (χ4v) is 0.364. The van der Waals surface area contributed by atoms with Crippen LogP contribution < -0.4 is 0 Å². The molecule has 0 aliphatic rings. The zero-order valence-electron chi connectivity index (χ0n) is 4.89. The molecule has 0 amide bonds. The standard InChI is InChI=1S/C6H7ClO2/c1-2-3-6(8)9-5-4-7/h1H,3-5H2. The van der Waals surface area contributed by atoms with Gasteiger partial charge < -0.3 is 4.74 Å². The van der Waals surface area contributed by atoms with E-state index in [1.54, 1.807) is 0 Å². The van der Waals surface area contributed by atoms with Crippen molar-refractivity contribution in [3.05, 3.63) is 0 Å². The van der Waals surface area contributed by atoms with Gasteiger partial charge in [0.2, 0.25) is 0 Å². The summed E-state index contributed by atoms with van der Waals surface area (Å²) in [5.41, 5.74) is 0. The van der Waals surface area contributed by atoms with Crippen LogP contribution in [0.4, 0.5) is 0 Å². The summed E-state index contributed by atoms with van der Waals surface area (Å²) in [5, 5.41) is 0. The largest absolute Gasteiger partial charge is 0.464 e. The van der Waals surface area contributed by atoms with Crippen LogP contribution in [0.5, 0.6) is 0 Å². The Hall–Kier alpha value is -0.680. The topological polar surface area (TPSA) is 26.3 Å². The quantitative estimate of drug-likeness (QED) is 0.334. The second-order valence-electron chi connectivity index (χ2n) is 1.29. The number of esters is 1. The number of carbonyl (C=O) groups is 1. The van der Waals surface area contributed by atoms with Crippen molar-refractivity contribution >= 4 is 17.6 Å². The Labute approximate surface area is 59.1 Å². The number of halogens is 1. The van der Waals surface area contributed by atoms with Gasteiger partial charge in [0, 0.05) is 0 Å². The van der Waals surface area contributed by atoms with Crippen LogP contribution in [0.2, 0.25) is 0 Å². The highest BCUT2D eigenvalue weighted by Gasteiger charge is 1.96. The van der Waals surface area contributed by atoms with Gasteiger partial charge in [-0.2, -0.15) is 0 Å². The number of hydrogen-bond acceptors (Lipinski definition) is 2. The van der Waals surface area contributed by atoms with E-state index in [-0.39, 0.29) is 13.0 Å². The van der Waals surface area contributed by atoms with Crippen LogP contribution in [-0.2, 0) is 9.53 Å². The lowest BCUT2D eigenvalue weighted by molar-refractivity contribution is -0.141. The van der Waals surface area contributed by atoms with E-state index in [2.05, 4.69) is 10.7 Å². The van der Waals surface area contributed by atoms with Crippen molar-refractivity contribution < 1.29 is 9.53 Å². The maximum atomic E-state index is 10.4. The Kier molecular flexibility index (Phi) is 5.04. The molecule has 9 heavy (non-hydrogen) atoms. The number of carbonyl (C=O) groups excluding carboxylic acids is 1. The van der Waals surface area contributed by atoms with Gasteiger partial charge in [0.05, 0.1) is 5.88 Å². The van der Waals surface area contributed by atoms with Gasteiger partial charge in [-0.15, -0.1) is 18.0 Å². The molecule has 50 valence electrons. The summed E-state index contributed by atoms with van der Waals surface area (Å²) in [4.78, 5) is 10.4. The molecule has 0 N–H and O–H groups in total. The molecule has 0 saturated heterocycles. The first-order valence-corrected chi connectivity index (χ1v) is 2.99. The van der Waals surface area contributed by atoms with Crippen LogP contribution in [0.3, 0.4) is 0 Å². The normalized spacial score (nSPS) is 8.00. The molecule has 0 radical (unpaired) electrons. The Morgan fingerprint density at radius 1 is 1.78 bits per heavy atom. The lowest BCUT2D eigenvalue weighted by Crippen LogP contribution is -2.04. The molecular weight excluding hydrogens is 140 g/mol. The van der Waals surface area contributed by atoms with Crippen molar-refractivity contribution in [2.75, 3.05) is 12.5 Å².